The number of aryl methyl sites for hydroxylation is 1. The second kappa shape index (κ2) is 6.67. The van der Waals surface area contributed by atoms with Crippen molar-refractivity contribution in [3.8, 4) is 0 Å². The van der Waals surface area contributed by atoms with E-state index < -0.39 is 5.97 Å². The third kappa shape index (κ3) is 3.79. The van der Waals surface area contributed by atoms with Gasteiger partial charge in [-0.1, -0.05) is 11.2 Å². The molecular weight excluding hydrogens is 276 g/mol. The minimum absolute atomic E-state index is 0.181. The number of nitrogens with zero attached hydrogens (tertiary/aromatic N) is 3. The quantitative estimate of drug-likeness (QED) is 0.299. The summed E-state index contributed by atoms with van der Waals surface area (Å²) in [4.78, 5) is 16.9. The highest BCUT2D eigenvalue weighted by Gasteiger charge is 2.02. The Kier molecular flexibility index (Phi) is 4.67. The van der Waals surface area contributed by atoms with Crippen LogP contribution >= 0.6 is 11.3 Å². The second-order valence-corrected chi connectivity index (χ2v) is 4.77. The molecule has 0 radical (unpaired) electrons. The summed E-state index contributed by atoms with van der Waals surface area (Å²) in [6, 6.07) is 3.64. The van der Waals surface area contributed by atoms with E-state index in [2.05, 4.69) is 10.3 Å². The zero-order valence-corrected chi connectivity index (χ0v) is 11.7. The molecule has 104 valence electrons. The first-order valence-electron chi connectivity index (χ1n) is 5.98. The molecule has 2 rings (SSSR count). The van der Waals surface area contributed by atoms with E-state index in [1.54, 1.807) is 23.0 Å². The molecule has 0 aliphatic carbocycles. The maximum absolute atomic E-state index is 11.5. The molecule has 2 heterocycles. The Labute approximate surface area is 120 Å². The summed E-state index contributed by atoms with van der Waals surface area (Å²) in [6.45, 7) is 2.76. The summed E-state index contributed by atoms with van der Waals surface area (Å²) >= 11 is 1.42. The Morgan fingerprint density at radius 1 is 1.65 bits per heavy atom. The Hall–Kier alpha value is -2.41. The summed E-state index contributed by atoms with van der Waals surface area (Å²) in [7, 11) is 0. The van der Waals surface area contributed by atoms with Gasteiger partial charge in [-0.2, -0.15) is 5.10 Å². The third-order valence-corrected chi connectivity index (χ3v) is 3.29. The van der Waals surface area contributed by atoms with Crippen LogP contribution in [0.4, 0.5) is 0 Å². The van der Waals surface area contributed by atoms with E-state index >= 15 is 0 Å². The first-order chi connectivity index (χ1) is 9.69. The van der Waals surface area contributed by atoms with Gasteiger partial charge in [0.05, 0.1) is 11.1 Å². The fraction of sp³-hybridized carbons (Fsp3) is 0.154. The van der Waals surface area contributed by atoms with Crippen LogP contribution in [0.15, 0.2) is 41.1 Å². The van der Waals surface area contributed by atoms with Gasteiger partial charge in [-0.3, -0.25) is 4.68 Å². The van der Waals surface area contributed by atoms with Crippen molar-refractivity contribution in [1.29, 1.82) is 0 Å². The molecule has 0 aromatic carbocycles. The van der Waals surface area contributed by atoms with E-state index in [-0.39, 0.29) is 5.84 Å². The largest absolute Gasteiger partial charge is 0.380 e. The van der Waals surface area contributed by atoms with E-state index in [0.29, 0.717) is 0 Å². The molecule has 7 heteroatoms. The summed E-state index contributed by atoms with van der Waals surface area (Å²) in [5, 5.41) is 9.54. The molecule has 0 unspecified atom stereocenters. The molecule has 0 fully saturated rings. The first-order valence-corrected chi connectivity index (χ1v) is 6.86. The van der Waals surface area contributed by atoms with Crippen LogP contribution in [0.1, 0.15) is 17.4 Å². The summed E-state index contributed by atoms with van der Waals surface area (Å²) in [5.41, 5.74) is 6.48. The van der Waals surface area contributed by atoms with Gasteiger partial charge < -0.3 is 10.6 Å². The minimum Gasteiger partial charge on any atom is -0.380 e. The Balaban J connectivity index is 1.91. The number of carbonyl (C=O) groups is 1. The minimum atomic E-state index is -0.589. The van der Waals surface area contributed by atoms with Gasteiger partial charge in [-0.05, 0) is 24.4 Å². The van der Waals surface area contributed by atoms with Crippen molar-refractivity contribution < 1.29 is 9.63 Å². The normalized spacial score (nSPS) is 11.9. The van der Waals surface area contributed by atoms with Crippen molar-refractivity contribution >= 4 is 29.2 Å². The van der Waals surface area contributed by atoms with Crippen molar-refractivity contribution in [1.82, 2.24) is 9.78 Å². The van der Waals surface area contributed by atoms with Gasteiger partial charge >= 0.3 is 5.97 Å². The Bertz CT molecular complexity index is 629. The predicted octanol–water partition coefficient (Wildman–Crippen LogP) is 1.84. The second-order valence-electron chi connectivity index (χ2n) is 3.83. The topological polar surface area (TPSA) is 82.5 Å². The van der Waals surface area contributed by atoms with Crippen LogP contribution in [0.2, 0.25) is 0 Å². The van der Waals surface area contributed by atoms with E-state index in [4.69, 9.17) is 10.6 Å². The van der Waals surface area contributed by atoms with Crippen LogP contribution in [0.25, 0.3) is 6.08 Å². The van der Waals surface area contributed by atoms with E-state index in [9.17, 15) is 4.79 Å². The molecule has 6 nitrogen and oxygen atoms in total. The molecule has 2 aromatic rings. The predicted molar refractivity (Wildman–Crippen MR) is 78.1 cm³/mol. The zero-order chi connectivity index (χ0) is 14.4. The fourth-order valence-corrected chi connectivity index (χ4v) is 2.02. The van der Waals surface area contributed by atoms with Gasteiger partial charge in [0.1, 0.15) is 0 Å². The maximum atomic E-state index is 11.5. The zero-order valence-electron chi connectivity index (χ0n) is 10.9. The smallest absolute Gasteiger partial charge is 0.358 e. The van der Waals surface area contributed by atoms with E-state index in [0.717, 1.165) is 17.0 Å². The van der Waals surface area contributed by atoms with Gasteiger partial charge in [0.2, 0.25) is 0 Å². The van der Waals surface area contributed by atoms with Crippen molar-refractivity contribution in [2.75, 3.05) is 0 Å². The average molecular weight is 290 g/mol. The highest BCUT2D eigenvalue weighted by atomic mass is 32.1. The molecule has 0 aliphatic rings. The monoisotopic (exact) mass is 290 g/mol. The molecule has 0 aliphatic heterocycles. The van der Waals surface area contributed by atoms with Crippen LogP contribution in [-0.4, -0.2) is 21.6 Å². The number of amidine groups is 1. The number of aromatic nitrogens is 2. The summed E-state index contributed by atoms with van der Waals surface area (Å²) in [6.07, 6.45) is 6.38. The molecule has 0 bridgehead atoms. The average Bonchev–Trinajstić information content (AvgIpc) is 3.13. The molecule has 0 atom stereocenters. The maximum Gasteiger partial charge on any atom is 0.358 e. The van der Waals surface area contributed by atoms with Crippen LogP contribution in [-0.2, 0) is 16.2 Å². The highest BCUT2D eigenvalue weighted by Crippen LogP contribution is 2.07. The first kappa shape index (κ1) is 14.0. The highest BCUT2D eigenvalue weighted by molar-refractivity contribution is 7.12. The van der Waals surface area contributed by atoms with Gasteiger partial charge in [-0.15, -0.1) is 11.3 Å². The summed E-state index contributed by atoms with van der Waals surface area (Å²) < 4.78 is 1.76. The molecule has 0 saturated heterocycles. The third-order valence-electron chi connectivity index (χ3n) is 2.40. The van der Waals surface area contributed by atoms with E-state index in [1.165, 1.54) is 17.4 Å². The van der Waals surface area contributed by atoms with E-state index in [1.807, 2.05) is 24.6 Å². The number of thiophene rings is 1. The molecule has 0 saturated carbocycles. The number of rotatable bonds is 5. The number of nitrogens with two attached hydrogens (primary N) is 1. The number of oxime groups is 1. The van der Waals surface area contributed by atoms with Crippen LogP contribution in [0, 0.1) is 0 Å². The lowest BCUT2D eigenvalue weighted by atomic mass is 10.3. The van der Waals surface area contributed by atoms with Crippen LogP contribution in [0.3, 0.4) is 0 Å². The number of hydrogen-bond donors (Lipinski definition) is 1. The molecule has 20 heavy (non-hydrogen) atoms. The number of carbonyl (C=O) groups excluding carboxylic acids is 1. The number of hydrogen-bond acceptors (Lipinski definition) is 5. The molecule has 0 spiro atoms. The van der Waals surface area contributed by atoms with Crippen LogP contribution < -0.4 is 5.73 Å². The molecule has 2 N–H and O–H groups in total. The van der Waals surface area contributed by atoms with Crippen molar-refractivity contribution in [3.63, 3.8) is 0 Å². The lowest BCUT2D eigenvalue weighted by Gasteiger charge is -1.95. The van der Waals surface area contributed by atoms with Crippen molar-refractivity contribution in [2.45, 2.75) is 13.5 Å². The van der Waals surface area contributed by atoms with Crippen molar-refractivity contribution in [3.05, 3.63) is 46.4 Å². The van der Waals surface area contributed by atoms with Crippen LogP contribution in [0.5, 0.6) is 0 Å². The fourth-order valence-electron chi connectivity index (χ4n) is 1.40. The van der Waals surface area contributed by atoms with Gasteiger partial charge in [0, 0.05) is 24.4 Å². The lowest BCUT2D eigenvalue weighted by molar-refractivity contribution is -0.137. The standard InChI is InChI=1S/C13H14N4O2S/c1-2-17-9-10(8-15-17)5-6-12(18)19-16-13(14)11-4-3-7-20-11/h3-9H,2H2,1H3,(H2,14,16)/b6-5+. The molecular formula is C13H14N4O2S. The molecule has 0 amide bonds. The van der Waals surface area contributed by atoms with Gasteiger partial charge in [-0.25, -0.2) is 4.79 Å². The Morgan fingerprint density at radius 3 is 3.15 bits per heavy atom. The lowest BCUT2D eigenvalue weighted by Crippen LogP contribution is -2.13. The summed E-state index contributed by atoms with van der Waals surface area (Å²) in [5.74, 6) is -0.408. The SMILES string of the molecule is CCn1cc(/C=C/C(=O)O/N=C(\N)c2cccs2)cn1. The van der Waals surface area contributed by atoms with Crippen molar-refractivity contribution in [2.24, 2.45) is 10.9 Å². The molecule has 2 aromatic heterocycles. The van der Waals surface area contributed by atoms with Gasteiger partial charge in [0.15, 0.2) is 5.84 Å². The van der Waals surface area contributed by atoms with Gasteiger partial charge in [0.25, 0.3) is 0 Å². The Morgan fingerprint density at radius 2 is 2.50 bits per heavy atom.